The summed E-state index contributed by atoms with van der Waals surface area (Å²) in [4.78, 5) is 13.5. The lowest BCUT2D eigenvalue weighted by Crippen LogP contribution is -2.45. The second kappa shape index (κ2) is 6.76. The predicted octanol–water partition coefficient (Wildman–Crippen LogP) is 0.623. The van der Waals surface area contributed by atoms with Crippen molar-refractivity contribution in [3.05, 3.63) is 18.2 Å². The highest BCUT2D eigenvalue weighted by molar-refractivity contribution is 7.91. The lowest BCUT2D eigenvalue weighted by molar-refractivity contribution is 0.173. The van der Waals surface area contributed by atoms with Crippen LogP contribution in [0.25, 0.3) is 0 Å². The van der Waals surface area contributed by atoms with E-state index >= 15 is 0 Å². The normalized spacial score (nSPS) is 20.6. The molecule has 1 N–H and O–H groups in total. The summed E-state index contributed by atoms with van der Waals surface area (Å²) in [6.45, 7) is 0.817. The van der Waals surface area contributed by atoms with Gasteiger partial charge in [-0.05, 0) is 18.6 Å². The van der Waals surface area contributed by atoms with Crippen molar-refractivity contribution in [2.45, 2.75) is 12.5 Å². The van der Waals surface area contributed by atoms with Crippen LogP contribution in [0.5, 0.6) is 17.2 Å². The Morgan fingerprint density at radius 3 is 2.92 bits per heavy atom. The zero-order valence-corrected chi connectivity index (χ0v) is 14.2. The van der Waals surface area contributed by atoms with E-state index in [2.05, 4.69) is 5.32 Å². The van der Waals surface area contributed by atoms with Gasteiger partial charge in [0.05, 0.1) is 18.1 Å². The molecule has 1 unspecified atom stereocenters. The molecule has 0 saturated carbocycles. The van der Waals surface area contributed by atoms with Gasteiger partial charge >= 0.3 is 6.03 Å². The van der Waals surface area contributed by atoms with Crippen LogP contribution in [0, 0.1) is 0 Å². The van der Waals surface area contributed by atoms with Crippen LogP contribution in [0.3, 0.4) is 0 Å². The third-order valence-electron chi connectivity index (χ3n) is 4.07. The van der Waals surface area contributed by atoms with Gasteiger partial charge in [0.2, 0.25) is 6.79 Å². The molecule has 0 aromatic heterocycles. The largest absolute Gasteiger partial charge is 0.492 e. The zero-order valence-electron chi connectivity index (χ0n) is 13.4. The molecule has 3 rings (SSSR count). The number of carbonyl (C=O) groups excluding carboxylic acids is 1. The SMILES string of the molecule is CN(C(=O)NCCOc1ccc2c(c1)OCO2)C1CCS(=O)(=O)C1. The third-order valence-corrected chi connectivity index (χ3v) is 5.82. The minimum Gasteiger partial charge on any atom is -0.492 e. The van der Waals surface area contributed by atoms with Gasteiger partial charge in [-0.15, -0.1) is 0 Å². The van der Waals surface area contributed by atoms with Crippen molar-refractivity contribution in [1.82, 2.24) is 10.2 Å². The van der Waals surface area contributed by atoms with E-state index in [4.69, 9.17) is 14.2 Å². The maximum absolute atomic E-state index is 12.0. The Morgan fingerprint density at radius 1 is 1.38 bits per heavy atom. The second-order valence-electron chi connectivity index (χ2n) is 5.76. The van der Waals surface area contributed by atoms with E-state index in [9.17, 15) is 13.2 Å². The molecule has 2 aliphatic heterocycles. The number of carbonyl (C=O) groups is 1. The first-order valence-corrected chi connectivity index (χ1v) is 9.50. The highest BCUT2D eigenvalue weighted by atomic mass is 32.2. The first-order valence-electron chi connectivity index (χ1n) is 7.68. The number of hydrogen-bond acceptors (Lipinski definition) is 6. The first kappa shape index (κ1) is 16.7. The topological polar surface area (TPSA) is 94.2 Å². The van der Waals surface area contributed by atoms with Gasteiger partial charge in [-0.1, -0.05) is 0 Å². The molecule has 1 aromatic rings. The van der Waals surface area contributed by atoms with Crippen LogP contribution in [-0.4, -0.2) is 63.9 Å². The summed E-state index contributed by atoms with van der Waals surface area (Å²) < 4.78 is 39.0. The summed E-state index contributed by atoms with van der Waals surface area (Å²) in [6, 6.07) is 4.71. The number of nitrogens with zero attached hydrogens (tertiary/aromatic N) is 1. The quantitative estimate of drug-likeness (QED) is 0.778. The van der Waals surface area contributed by atoms with Gasteiger partial charge in [-0.3, -0.25) is 0 Å². The van der Waals surface area contributed by atoms with Gasteiger partial charge < -0.3 is 24.4 Å². The van der Waals surface area contributed by atoms with E-state index in [1.807, 2.05) is 0 Å². The molecule has 9 heteroatoms. The molecule has 0 radical (unpaired) electrons. The van der Waals surface area contributed by atoms with Gasteiger partial charge in [0, 0.05) is 19.2 Å². The molecule has 2 heterocycles. The zero-order chi connectivity index (χ0) is 17.2. The van der Waals surface area contributed by atoms with Crippen LogP contribution >= 0.6 is 0 Å². The average Bonchev–Trinajstić information content (AvgIpc) is 3.16. The maximum Gasteiger partial charge on any atom is 0.317 e. The lowest BCUT2D eigenvalue weighted by Gasteiger charge is -2.23. The second-order valence-corrected chi connectivity index (χ2v) is 7.99. The Hall–Kier alpha value is -2.16. The van der Waals surface area contributed by atoms with Crippen LogP contribution in [0.15, 0.2) is 18.2 Å². The van der Waals surface area contributed by atoms with Crippen LogP contribution in [0.2, 0.25) is 0 Å². The van der Waals surface area contributed by atoms with Crippen molar-refractivity contribution in [3.8, 4) is 17.2 Å². The van der Waals surface area contributed by atoms with Crippen LogP contribution in [-0.2, 0) is 9.84 Å². The van der Waals surface area contributed by atoms with E-state index in [1.54, 1.807) is 25.2 Å². The van der Waals surface area contributed by atoms with E-state index in [0.717, 1.165) is 0 Å². The van der Waals surface area contributed by atoms with Crippen LogP contribution in [0.1, 0.15) is 6.42 Å². The number of rotatable bonds is 5. The Kier molecular flexibility index (Phi) is 4.70. The molecule has 2 amide bonds. The minimum absolute atomic E-state index is 0.0324. The van der Waals surface area contributed by atoms with Gasteiger partial charge in [-0.25, -0.2) is 13.2 Å². The van der Waals surface area contributed by atoms with E-state index < -0.39 is 9.84 Å². The number of fused-ring (bicyclic) bond motifs is 1. The number of ether oxygens (including phenoxy) is 3. The molecule has 132 valence electrons. The molecule has 24 heavy (non-hydrogen) atoms. The molecule has 1 atom stereocenters. The maximum atomic E-state index is 12.0. The van der Waals surface area contributed by atoms with Gasteiger partial charge in [0.1, 0.15) is 12.4 Å². The molecule has 0 bridgehead atoms. The Balaban J connectivity index is 1.41. The van der Waals surface area contributed by atoms with Crippen molar-refractivity contribution in [3.63, 3.8) is 0 Å². The Bertz CT molecular complexity index is 721. The highest BCUT2D eigenvalue weighted by Crippen LogP contribution is 2.34. The summed E-state index contributed by atoms with van der Waals surface area (Å²) in [5.41, 5.74) is 0. The summed E-state index contributed by atoms with van der Waals surface area (Å²) in [5, 5.41) is 2.72. The lowest BCUT2D eigenvalue weighted by atomic mass is 10.2. The van der Waals surface area contributed by atoms with Gasteiger partial charge in [0.15, 0.2) is 21.3 Å². The number of nitrogens with one attached hydrogen (secondary N) is 1. The standard InChI is InChI=1S/C15H20N2O6S/c1-17(11-4-7-24(19,20)9-11)15(18)16-5-6-21-12-2-3-13-14(8-12)23-10-22-13/h2-3,8,11H,4-7,9-10H2,1H3,(H,16,18). The average molecular weight is 356 g/mol. The summed E-state index contributed by atoms with van der Waals surface area (Å²) >= 11 is 0. The number of benzene rings is 1. The van der Waals surface area contributed by atoms with Crippen LogP contribution < -0.4 is 19.5 Å². The fourth-order valence-corrected chi connectivity index (χ4v) is 4.44. The Labute approximate surface area is 140 Å². The van der Waals surface area contributed by atoms with Crippen molar-refractivity contribution in [2.24, 2.45) is 0 Å². The third kappa shape index (κ3) is 3.84. The number of hydrogen-bond donors (Lipinski definition) is 1. The minimum atomic E-state index is -3.01. The van der Waals surface area contributed by atoms with Gasteiger partial charge in [0.25, 0.3) is 0 Å². The van der Waals surface area contributed by atoms with Crippen molar-refractivity contribution < 1.29 is 27.4 Å². The smallest absolute Gasteiger partial charge is 0.317 e. The molecule has 1 saturated heterocycles. The molecular formula is C15H20N2O6S. The van der Waals surface area contributed by atoms with E-state index in [-0.39, 0.29) is 30.4 Å². The van der Waals surface area contributed by atoms with Gasteiger partial charge in [-0.2, -0.15) is 0 Å². The van der Waals surface area contributed by atoms with Crippen molar-refractivity contribution in [2.75, 3.05) is 38.5 Å². The number of sulfone groups is 1. The highest BCUT2D eigenvalue weighted by Gasteiger charge is 2.32. The number of urea groups is 1. The fraction of sp³-hybridized carbons (Fsp3) is 0.533. The van der Waals surface area contributed by atoms with Crippen molar-refractivity contribution in [1.29, 1.82) is 0 Å². The summed E-state index contributed by atoms with van der Waals surface area (Å²) in [5.74, 6) is 2.12. The Morgan fingerprint density at radius 2 is 2.17 bits per heavy atom. The predicted molar refractivity (Wildman–Crippen MR) is 86.3 cm³/mol. The van der Waals surface area contributed by atoms with E-state index in [1.165, 1.54) is 4.90 Å². The van der Waals surface area contributed by atoms with Crippen molar-refractivity contribution >= 4 is 15.9 Å². The molecule has 2 aliphatic rings. The van der Waals surface area contributed by atoms with Crippen LogP contribution in [0.4, 0.5) is 4.79 Å². The summed E-state index contributed by atoms with van der Waals surface area (Å²) in [6.07, 6.45) is 0.486. The monoisotopic (exact) mass is 356 g/mol. The molecule has 0 aliphatic carbocycles. The molecule has 1 fully saturated rings. The first-order chi connectivity index (χ1) is 11.4. The fourth-order valence-electron chi connectivity index (χ4n) is 2.66. The molecule has 0 spiro atoms. The molecule has 8 nitrogen and oxygen atoms in total. The molecular weight excluding hydrogens is 336 g/mol. The summed E-state index contributed by atoms with van der Waals surface area (Å²) in [7, 11) is -1.40. The molecule has 1 aromatic carbocycles. The van der Waals surface area contributed by atoms with E-state index in [0.29, 0.717) is 36.8 Å². The number of amides is 2.